The second-order valence-corrected chi connectivity index (χ2v) is 20.7. The van der Waals surface area contributed by atoms with E-state index in [1.54, 1.807) is 0 Å². The number of amides is 1. The van der Waals surface area contributed by atoms with Crippen molar-refractivity contribution in [1.29, 1.82) is 0 Å². The highest BCUT2D eigenvalue weighted by atomic mass is 16.5. The van der Waals surface area contributed by atoms with Crippen LogP contribution in [0.1, 0.15) is 310 Å². The molecule has 3 N–H and O–H groups in total. The Bertz CT molecular complexity index is 1240. The average molecular weight is 981 g/mol. The molecule has 0 saturated heterocycles. The van der Waals surface area contributed by atoms with E-state index in [9.17, 15) is 19.8 Å². The van der Waals surface area contributed by atoms with E-state index in [1.165, 1.54) is 173 Å². The number of unbranched alkanes of at least 4 members (excludes halogenated alkanes) is 33. The molecule has 70 heavy (non-hydrogen) atoms. The summed E-state index contributed by atoms with van der Waals surface area (Å²) in [6.45, 7) is 6.41. The number of ether oxygens (including phenoxy) is 1. The minimum Gasteiger partial charge on any atom is -0.462 e. The lowest BCUT2D eigenvalue weighted by atomic mass is 10.0. The number of aliphatic hydroxyl groups excluding tert-OH is 2. The van der Waals surface area contributed by atoms with Crippen molar-refractivity contribution >= 4 is 11.9 Å². The molecule has 0 radical (unpaired) electrons. The summed E-state index contributed by atoms with van der Waals surface area (Å²) < 4.78 is 5.96. The van der Waals surface area contributed by atoms with Gasteiger partial charge in [0.1, 0.15) is 6.10 Å². The summed E-state index contributed by atoms with van der Waals surface area (Å²) in [5, 5.41) is 23.9. The van der Waals surface area contributed by atoms with E-state index in [4.69, 9.17) is 4.74 Å². The van der Waals surface area contributed by atoms with Gasteiger partial charge >= 0.3 is 5.97 Å². The van der Waals surface area contributed by atoms with Crippen LogP contribution in [0.25, 0.3) is 0 Å². The number of nitrogens with one attached hydrogen (secondary N) is 1. The molecule has 0 aliphatic carbocycles. The molecule has 6 nitrogen and oxygen atoms in total. The lowest BCUT2D eigenvalue weighted by molar-refractivity contribution is -0.151. The average Bonchev–Trinajstić information content (AvgIpc) is 3.35. The maximum atomic E-state index is 13.3. The van der Waals surface area contributed by atoms with E-state index in [1.807, 2.05) is 0 Å². The van der Waals surface area contributed by atoms with Gasteiger partial charge in [-0.2, -0.15) is 0 Å². The van der Waals surface area contributed by atoms with E-state index in [0.717, 1.165) is 89.9 Å². The number of allylic oxidation sites excluding steroid dienone is 10. The third kappa shape index (κ3) is 51.9. The molecule has 3 unspecified atom stereocenters. The van der Waals surface area contributed by atoms with Crippen LogP contribution < -0.4 is 5.32 Å². The Morgan fingerprint density at radius 1 is 0.429 bits per heavy atom. The second-order valence-electron chi connectivity index (χ2n) is 20.7. The molecule has 0 saturated carbocycles. The molecule has 6 heteroatoms. The molecule has 0 aromatic rings. The third-order valence-electron chi connectivity index (χ3n) is 13.9. The van der Waals surface area contributed by atoms with Crippen molar-refractivity contribution in [2.45, 2.75) is 328 Å². The van der Waals surface area contributed by atoms with Crippen LogP contribution in [-0.4, -0.2) is 46.9 Å². The molecule has 0 rings (SSSR count). The number of esters is 1. The largest absolute Gasteiger partial charge is 0.462 e. The molecule has 1 amide bonds. The van der Waals surface area contributed by atoms with Gasteiger partial charge < -0.3 is 20.3 Å². The fraction of sp³-hybridized carbons (Fsp3) is 0.812. The highest BCUT2D eigenvalue weighted by Crippen LogP contribution is 2.19. The summed E-state index contributed by atoms with van der Waals surface area (Å²) >= 11 is 0. The van der Waals surface area contributed by atoms with Gasteiger partial charge in [0.25, 0.3) is 0 Å². The van der Waals surface area contributed by atoms with Crippen LogP contribution in [0, 0.1) is 0 Å². The van der Waals surface area contributed by atoms with E-state index >= 15 is 0 Å². The van der Waals surface area contributed by atoms with Crippen LogP contribution >= 0.6 is 0 Å². The van der Waals surface area contributed by atoms with Gasteiger partial charge in [-0.15, -0.1) is 0 Å². The van der Waals surface area contributed by atoms with Crippen molar-refractivity contribution in [3.05, 3.63) is 60.8 Å². The zero-order valence-corrected chi connectivity index (χ0v) is 46.7. The molecule has 0 aliphatic rings. The first-order chi connectivity index (χ1) is 34.5. The van der Waals surface area contributed by atoms with Gasteiger partial charge in [-0.05, 0) is 70.6 Å². The van der Waals surface area contributed by atoms with E-state index < -0.39 is 18.2 Å². The highest BCUT2D eigenvalue weighted by Gasteiger charge is 2.24. The number of carbonyl (C=O) groups is 2. The molecular formula is C64H117NO5. The Morgan fingerprint density at radius 3 is 1.16 bits per heavy atom. The number of hydrogen-bond acceptors (Lipinski definition) is 5. The molecule has 0 fully saturated rings. The van der Waals surface area contributed by atoms with Crippen LogP contribution in [0.15, 0.2) is 60.8 Å². The molecule has 0 aromatic carbocycles. The minimum absolute atomic E-state index is 0.0663. The van der Waals surface area contributed by atoms with Crippen molar-refractivity contribution in [3.8, 4) is 0 Å². The van der Waals surface area contributed by atoms with Gasteiger partial charge in [-0.3, -0.25) is 9.59 Å². The summed E-state index contributed by atoms with van der Waals surface area (Å²) in [5.74, 6) is -0.497. The number of carbonyl (C=O) groups excluding carboxylic acids is 2. The van der Waals surface area contributed by atoms with Crippen molar-refractivity contribution in [2.24, 2.45) is 0 Å². The Balaban J connectivity index is 4.59. The summed E-state index contributed by atoms with van der Waals surface area (Å²) in [4.78, 5) is 26.3. The predicted octanol–water partition coefficient (Wildman–Crippen LogP) is 19.1. The molecule has 0 spiro atoms. The molecule has 408 valence electrons. The third-order valence-corrected chi connectivity index (χ3v) is 13.9. The molecule has 0 aliphatic heterocycles. The number of aliphatic hydroxyl groups is 2. The number of hydrogen-bond donors (Lipinski definition) is 3. The highest BCUT2D eigenvalue weighted by molar-refractivity contribution is 5.77. The van der Waals surface area contributed by atoms with Crippen molar-refractivity contribution in [1.82, 2.24) is 5.32 Å². The molecule has 0 bridgehead atoms. The van der Waals surface area contributed by atoms with Crippen molar-refractivity contribution in [2.75, 3.05) is 6.61 Å². The first-order valence-corrected chi connectivity index (χ1v) is 30.5. The van der Waals surface area contributed by atoms with Gasteiger partial charge in [-0.1, -0.05) is 287 Å². The summed E-state index contributed by atoms with van der Waals surface area (Å²) in [6, 6.07) is -0.710. The first kappa shape index (κ1) is 67.6. The van der Waals surface area contributed by atoms with Crippen molar-refractivity contribution < 1.29 is 24.5 Å². The Hall–Kier alpha value is -2.44. The quantitative estimate of drug-likeness (QED) is 0.0321. The maximum Gasteiger partial charge on any atom is 0.306 e. The van der Waals surface area contributed by atoms with Gasteiger partial charge in [0, 0.05) is 6.42 Å². The Morgan fingerprint density at radius 2 is 0.771 bits per heavy atom. The van der Waals surface area contributed by atoms with E-state index in [0.29, 0.717) is 19.3 Å². The van der Waals surface area contributed by atoms with Crippen LogP contribution in [0.5, 0.6) is 0 Å². The zero-order valence-electron chi connectivity index (χ0n) is 46.7. The lowest BCUT2D eigenvalue weighted by Gasteiger charge is -2.24. The topological polar surface area (TPSA) is 95.9 Å². The predicted molar refractivity (Wildman–Crippen MR) is 305 cm³/mol. The summed E-state index contributed by atoms with van der Waals surface area (Å²) in [7, 11) is 0. The maximum absolute atomic E-state index is 13.3. The molecular weight excluding hydrogens is 863 g/mol. The number of rotatable bonds is 55. The molecule has 0 aromatic heterocycles. The van der Waals surface area contributed by atoms with E-state index in [-0.39, 0.29) is 24.9 Å². The van der Waals surface area contributed by atoms with E-state index in [2.05, 4.69) is 86.8 Å². The normalized spacial score (nSPS) is 13.5. The van der Waals surface area contributed by atoms with Gasteiger partial charge in [0.15, 0.2) is 0 Å². The standard InChI is InChI=1S/C64H117NO5/c1-4-7-10-13-16-19-22-25-28-31-32-33-36-39-42-45-48-51-54-57-64(69)70-60(55-52-49-46-43-40-37-34-29-26-23-20-17-14-11-8-5-2)58-63(68)65-61(59-66)62(67)56-53-50-47-44-41-38-35-30-27-24-21-18-15-12-9-6-3/h7,10,16,19,25,28,32-33,39,42,60-62,66-67H,4-6,8-9,11-15,17-18,20-24,26-27,29-31,34-38,40-41,43-59H2,1-3H3,(H,65,68)/b10-7-,19-16-,28-25-,33-32-,42-39-. The van der Waals surface area contributed by atoms with Gasteiger partial charge in [0.2, 0.25) is 5.91 Å². The Labute approximate surface area is 435 Å². The fourth-order valence-electron chi connectivity index (χ4n) is 9.28. The zero-order chi connectivity index (χ0) is 50.9. The molecule has 0 heterocycles. The van der Waals surface area contributed by atoms with Crippen LogP contribution in [0.4, 0.5) is 0 Å². The minimum atomic E-state index is -0.795. The van der Waals surface area contributed by atoms with Gasteiger partial charge in [0.05, 0.1) is 25.2 Å². The fourth-order valence-corrected chi connectivity index (χ4v) is 9.28. The van der Waals surface area contributed by atoms with Crippen LogP contribution in [-0.2, 0) is 14.3 Å². The van der Waals surface area contributed by atoms with Crippen molar-refractivity contribution in [3.63, 3.8) is 0 Å². The van der Waals surface area contributed by atoms with Crippen LogP contribution in [0.3, 0.4) is 0 Å². The SMILES string of the molecule is CC/C=C\C/C=C\C/C=C\C/C=C\C/C=C\CCCCCC(=O)OC(CCCCCCCCCCCCCCCCCC)CC(=O)NC(CO)C(O)CCCCCCCCCCCCCCCCCC. The van der Waals surface area contributed by atoms with Gasteiger partial charge in [-0.25, -0.2) is 0 Å². The Kier molecular flexibility index (Phi) is 55.5. The monoisotopic (exact) mass is 980 g/mol. The smallest absolute Gasteiger partial charge is 0.306 e. The summed E-state index contributed by atoms with van der Waals surface area (Å²) in [5.41, 5.74) is 0. The lowest BCUT2D eigenvalue weighted by Crippen LogP contribution is -2.46. The molecule has 3 atom stereocenters. The van der Waals surface area contributed by atoms with Crippen LogP contribution in [0.2, 0.25) is 0 Å². The second kappa shape index (κ2) is 57.5. The first-order valence-electron chi connectivity index (χ1n) is 30.5. The summed E-state index contributed by atoms with van der Waals surface area (Å²) in [6.07, 6.45) is 72.9.